The molecule has 0 saturated heterocycles. The molecule has 7 heteroatoms. The van der Waals surface area contributed by atoms with Crippen LogP contribution in [-0.2, 0) is 11.4 Å². The molecule has 0 aliphatic heterocycles. The van der Waals surface area contributed by atoms with Crippen molar-refractivity contribution in [1.82, 2.24) is 4.98 Å². The Bertz CT molecular complexity index is 1380. The summed E-state index contributed by atoms with van der Waals surface area (Å²) in [4.78, 5) is 15.5. The fourth-order valence-corrected chi connectivity index (χ4v) is 6.28. The summed E-state index contributed by atoms with van der Waals surface area (Å²) in [7, 11) is 1.51. The number of carboxylic acid groups (broad SMARTS) is 1. The Morgan fingerprint density at radius 3 is 2.60 bits per heavy atom. The summed E-state index contributed by atoms with van der Waals surface area (Å²) < 4.78 is 41.9. The van der Waals surface area contributed by atoms with Gasteiger partial charge in [0.1, 0.15) is 12.4 Å². The first-order chi connectivity index (χ1) is 19.2. The largest absolute Gasteiger partial charge is 0.486 e. The highest BCUT2D eigenvalue weighted by Crippen LogP contribution is 2.51. The van der Waals surface area contributed by atoms with Crippen LogP contribution in [0.15, 0.2) is 48.7 Å². The second kappa shape index (κ2) is 11.6. The summed E-state index contributed by atoms with van der Waals surface area (Å²) in [6, 6.07) is 12.5. The number of methoxy groups -OCH3 is 1. The van der Waals surface area contributed by atoms with Crippen LogP contribution in [0.25, 0.3) is 11.1 Å². The monoisotopic (exact) mass is 549 g/mol. The predicted octanol–water partition coefficient (Wildman–Crippen LogP) is 8.27. The lowest BCUT2D eigenvalue weighted by Gasteiger charge is -2.30. The summed E-state index contributed by atoms with van der Waals surface area (Å²) in [5.41, 5.74) is 3.58. The van der Waals surface area contributed by atoms with Gasteiger partial charge in [-0.15, -0.1) is 0 Å². The standard InChI is InChI=1S/C33H37F2NO4/c1-33(2)13-5-7-27(33)25-15-21(11-12-24(25)26-17-30(39-3)36-18-28(26)34)19-40-29-8-4-6-23(32(29)35)22(16-31(37)38)14-20-9-10-20/h4,6,8,11-12,15,17-18,20,22,27H,5,7,9-10,13-14,16,19H2,1-3H3,(H,37,38)/t22-,27+/m0/s1. The van der Waals surface area contributed by atoms with E-state index in [-0.39, 0.29) is 36.0 Å². The number of benzene rings is 2. The minimum atomic E-state index is -0.929. The number of hydrogen-bond acceptors (Lipinski definition) is 4. The van der Waals surface area contributed by atoms with E-state index in [2.05, 4.69) is 24.9 Å². The van der Waals surface area contributed by atoms with E-state index in [0.29, 0.717) is 29.3 Å². The number of aromatic nitrogens is 1. The van der Waals surface area contributed by atoms with Crippen LogP contribution in [0.1, 0.15) is 87.3 Å². The topological polar surface area (TPSA) is 68.7 Å². The van der Waals surface area contributed by atoms with Gasteiger partial charge in [-0.2, -0.15) is 0 Å². The van der Waals surface area contributed by atoms with E-state index in [1.165, 1.54) is 13.3 Å². The van der Waals surface area contributed by atoms with E-state index in [0.717, 1.165) is 48.8 Å². The molecule has 0 radical (unpaired) electrons. The van der Waals surface area contributed by atoms with Crippen molar-refractivity contribution in [2.75, 3.05) is 7.11 Å². The average Bonchev–Trinajstić information content (AvgIpc) is 3.67. The van der Waals surface area contributed by atoms with Gasteiger partial charge in [0.05, 0.1) is 19.7 Å². The van der Waals surface area contributed by atoms with Gasteiger partial charge in [0.15, 0.2) is 11.6 Å². The van der Waals surface area contributed by atoms with Crippen molar-refractivity contribution in [3.8, 4) is 22.8 Å². The first-order valence-corrected chi connectivity index (χ1v) is 14.1. The lowest BCUT2D eigenvalue weighted by Crippen LogP contribution is -2.17. The molecule has 1 aromatic heterocycles. The van der Waals surface area contributed by atoms with Crippen LogP contribution in [0.5, 0.6) is 11.6 Å². The minimum Gasteiger partial charge on any atom is -0.486 e. The Hall–Kier alpha value is -3.48. The van der Waals surface area contributed by atoms with Crippen molar-refractivity contribution in [2.45, 2.75) is 77.2 Å². The van der Waals surface area contributed by atoms with Gasteiger partial charge in [0.25, 0.3) is 0 Å². The molecule has 0 amide bonds. The molecule has 0 spiro atoms. The fourth-order valence-electron chi connectivity index (χ4n) is 6.28. The Kier molecular flexibility index (Phi) is 8.11. The van der Waals surface area contributed by atoms with Crippen LogP contribution in [-0.4, -0.2) is 23.2 Å². The molecular weight excluding hydrogens is 512 g/mol. The van der Waals surface area contributed by atoms with Gasteiger partial charge in [-0.25, -0.2) is 13.8 Å². The minimum absolute atomic E-state index is 0.0446. The van der Waals surface area contributed by atoms with Gasteiger partial charge in [0.2, 0.25) is 5.88 Å². The molecule has 40 heavy (non-hydrogen) atoms. The zero-order valence-corrected chi connectivity index (χ0v) is 23.4. The molecule has 212 valence electrons. The highest BCUT2D eigenvalue weighted by Gasteiger charge is 2.37. The maximum Gasteiger partial charge on any atom is 0.303 e. The molecule has 1 heterocycles. The highest BCUT2D eigenvalue weighted by molar-refractivity contribution is 5.70. The molecule has 0 unspecified atom stereocenters. The predicted molar refractivity (Wildman–Crippen MR) is 150 cm³/mol. The smallest absolute Gasteiger partial charge is 0.303 e. The van der Waals surface area contributed by atoms with Gasteiger partial charge < -0.3 is 14.6 Å². The molecule has 0 bridgehead atoms. The molecule has 1 N–H and O–H groups in total. The average molecular weight is 550 g/mol. The summed E-state index contributed by atoms with van der Waals surface area (Å²) >= 11 is 0. The lowest BCUT2D eigenvalue weighted by molar-refractivity contribution is -0.137. The van der Waals surface area contributed by atoms with Crippen LogP contribution in [0.2, 0.25) is 0 Å². The maximum absolute atomic E-state index is 15.6. The number of rotatable bonds is 11. The van der Waals surface area contributed by atoms with Crippen LogP contribution in [0.4, 0.5) is 8.78 Å². The summed E-state index contributed by atoms with van der Waals surface area (Å²) in [6.45, 7) is 4.63. The number of hydrogen-bond donors (Lipinski definition) is 1. The lowest BCUT2D eigenvalue weighted by atomic mass is 9.75. The molecule has 2 atom stereocenters. The number of nitrogens with zero attached hydrogens (tertiary/aromatic N) is 1. The number of pyridine rings is 1. The molecule has 5 rings (SSSR count). The number of halogens is 2. The van der Waals surface area contributed by atoms with E-state index >= 15 is 8.78 Å². The Morgan fingerprint density at radius 2 is 1.93 bits per heavy atom. The summed E-state index contributed by atoms with van der Waals surface area (Å²) in [5, 5.41) is 9.41. The van der Waals surface area contributed by atoms with Crippen molar-refractivity contribution in [3.05, 3.63) is 77.0 Å². The molecular formula is C33H37F2NO4. The molecule has 2 aliphatic rings. The molecule has 2 saturated carbocycles. The van der Waals surface area contributed by atoms with Gasteiger partial charge in [-0.3, -0.25) is 4.79 Å². The van der Waals surface area contributed by atoms with Gasteiger partial charge in [-0.1, -0.05) is 63.4 Å². The van der Waals surface area contributed by atoms with Crippen LogP contribution >= 0.6 is 0 Å². The second-order valence-corrected chi connectivity index (χ2v) is 12.0. The number of aliphatic carboxylic acids is 1. The highest BCUT2D eigenvalue weighted by atomic mass is 19.1. The van der Waals surface area contributed by atoms with Gasteiger partial charge in [-0.05, 0) is 70.8 Å². The van der Waals surface area contributed by atoms with E-state index in [4.69, 9.17) is 9.47 Å². The van der Waals surface area contributed by atoms with Crippen LogP contribution < -0.4 is 9.47 Å². The fraction of sp³-hybridized carbons (Fsp3) is 0.455. The SMILES string of the molecule is COc1cc(-c2ccc(COc3cccc([C@H](CC(=O)O)CC4CC4)c3F)cc2[C@H]2CCCC2(C)C)c(F)cn1. The first-order valence-electron chi connectivity index (χ1n) is 14.1. The third kappa shape index (κ3) is 6.13. The van der Waals surface area contributed by atoms with Crippen molar-refractivity contribution in [2.24, 2.45) is 11.3 Å². The van der Waals surface area contributed by atoms with Crippen molar-refractivity contribution in [3.63, 3.8) is 0 Å². The molecule has 2 fully saturated rings. The second-order valence-electron chi connectivity index (χ2n) is 12.0. The van der Waals surface area contributed by atoms with Crippen LogP contribution in [0, 0.1) is 23.0 Å². The van der Waals surface area contributed by atoms with Crippen molar-refractivity contribution >= 4 is 5.97 Å². The zero-order chi connectivity index (χ0) is 28.4. The molecule has 2 aromatic carbocycles. The Balaban J connectivity index is 1.44. The third-order valence-electron chi connectivity index (χ3n) is 8.64. The number of carbonyl (C=O) groups is 1. The van der Waals surface area contributed by atoms with E-state index in [9.17, 15) is 9.90 Å². The normalized spacial score (nSPS) is 18.9. The van der Waals surface area contributed by atoms with Crippen LogP contribution in [0.3, 0.4) is 0 Å². The Morgan fingerprint density at radius 1 is 1.12 bits per heavy atom. The Labute approximate surface area is 234 Å². The molecule has 3 aromatic rings. The quantitative estimate of drug-likeness (QED) is 0.261. The number of carboxylic acids is 1. The van der Waals surface area contributed by atoms with Gasteiger partial charge >= 0.3 is 5.97 Å². The summed E-state index contributed by atoms with van der Waals surface area (Å²) in [5.74, 6) is -1.06. The maximum atomic E-state index is 15.6. The zero-order valence-electron chi connectivity index (χ0n) is 23.4. The van der Waals surface area contributed by atoms with Crippen molar-refractivity contribution < 1.29 is 28.2 Å². The van der Waals surface area contributed by atoms with E-state index in [1.54, 1.807) is 24.3 Å². The summed E-state index contributed by atoms with van der Waals surface area (Å²) in [6.07, 6.45) is 7.07. The molecule has 2 aliphatic carbocycles. The number of ether oxygens (including phenoxy) is 2. The van der Waals surface area contributed by atoms with E-state index in [1.807, 2.05) is 12.1 Å². The van der Waals surface area contributed by atoms with Gasteiger partial charge in [0, 0.05) is 11.6 Å². The molecule has 5 nitrogen and oxygen atoms in total. The van der Waals surface area contributed by atoms with E-state index < -0.39 is 17.6 Å². The third-order valence-corrected chi connectivity index (χ3v) is 8.64. The first kappa shape index (κ1) is 28.1. The van der Waals surface area contributed by atoms with Crippen molar-refractivity contribution in [1.29, 1.82) is 0 Å².